The van der Waals surface area contributed by atoms with Crippen LogP contribution in [0.4, 0.5) is 10.5 Å². The van der Waals surface area contributed by atoms with Crippen molar-refractivity contribution in [3.05, 3.63) is 59.2 Å². The second kappa shape index (κ2) is 9.86. The van der Waals surface area contributed by atoms with Gasteiger partial charge in [-0.1, -0.05) is 24.3 Å². The molecule has 1 heterocycles. The van der Waals surface area contributed by atoms with E-state index < -0.39 is 5.41 Å². The first-order valence-electron chi connectivity index (χ1n) is 10.8. The molecule has 0 saturated carbocycles. The van der Waals surface area contributed by atoms with Crippen molar-refractivity contribution < 1.29 is 19.1 Å². The smallest absolute Gasteiger partial charge is 0.321 e. The summed E-state index contributed by atoms with van der Waals surface area (Å²) in [5, 5.41) is 2.99. The van der Waals surface area contributed by atoms with Gasteiger partial charge in [0.1, 0.15) is 5.75 Å². The van der Waals surface area contributed by atoms with Crippen molar-refractivity contribution in [2.45, 2.75) is 40.0 Å². The molecule has 0 unspecified atom stereocenters. The molecule has 2 aromatic carbocycles. The lowest BCUT2D eigenvalue weighted by molar-refractivity contribution is -0.158. The van der Waals surface area contributed by atoms with Gasteiger partial charge in [0.2, 0.25) is 0 Å². The lowest BCUT2D eigenvalue weighted by atomic mass is 9.74. The normalized spacial score (nSPS) is 18.4. The van der Waals surface area contributed by atoms with E-state index in [0.717, 1.165) is 34.5 Å². The molecule has 0 spiro atoms. The zero-order chi connectivity index (χ0) is 22.4. The third-order valence-electron chi connectivity index (χ3n) is 6.04. The van der Waals surface area contributed by atoms with E-state index >= 15 is 0 Å². The van der Waals surface area contributed by atoms with Gasteiger partial charge in [-0.05, 0) is 74.9 Å². The Balaban J connectivity index is 1.81. The molecule has 0 aromatic heterocycles. The first-order chi connectivity index (χ1) is 14.9. The monoisotopic (exact) mass is 424 g/mol. The highest BCUT2D eigenvalue weighted by atomic mass is 16.5. The second-order valence-electron chi connectivity index (χ2n) is 8.24. The number of rotatable bonds is 6. The molecule has 1 aliphatic heterocycles. The van der Waals surface area contributed by atoms with E-state index in [-0.39, 0.29) is 12.0 Å². The number of carbonyl (C=O) groups is 2. The lowest BCUT2D eigenvalue weighted by Gasteiger charge is -2.41. The molecular weight excluding hydrogens is 392 g/mol. The average molecular weight is 425 g/mol. The molecule has 31 heavy (non-hydrogen) atoms. The van der Waals surface area contributed by atoms with Crippen molar-refractivity contribution in [1.82, 2.24) is 4.90 Å². The van der Waals surface area contributed by atoms with E-state index in [2.05, 4.69) is 11.4 Å². The van der Waals surface area contributed by atoms with Crippen LogP contribution in [-0.2, 0) is 16.0 Å². The molecule has 2 aromatic rings. The number of methoxy groups -OCH3 is 1. The highest BCUT2D eigenvalue weighted by Crippen LogP contribution is 2.36. The summed E-state index contributed by atoms with van der Waals surface area (Å²) in [5.74, 6) is 0.518. The molecule has 166 valence electrons. The van der Waals surface area contributed by atoms with Crippen LogP contribution in [0.5, 0.6) is 5.75 Å². The van der Waals surface area contributed by atoms with Crippen molar-refractivity contribution in [2.75, 3.05) is 32.1 Å². The number of esters is 1. The molecule has 0 bridgehead atoms. The first kappa shape index (κ1) is 22.7. The summed E-state index contributed by atoms with van der Waals surface area (Å²) in [4.78, 5) is 27.9. The zero-order valence-electron chi connectivity index (χ0n) is 18.9. The number of hydrogen-bond acceptors (Lipinski definition) is 4. The maximum absolute atomic E-state index is 13.1. The topological polar surface area (TPSA) is 67.9 Å². The number of likely N-dealkylation sites (tertiary alicyclic amines) is 1. The van der Waals surface area contributed by atoms with Gasteiger partial charge in [-0.25, -0.2) is 4.79 Å². The Morgan fingerprint density at radius 1 is 1.13 bits per heavy atom. The van der Waals surface area contributed by atoms with Crippen LogP contribution in [0.2, 0.25) is 0 Å². The van der Waals surface area contributed by atoms with Crippen LogP contribution in [0.15, 0.2) is 42.5 Å². The van der Waals surface area contributed by atoms with Gasteiger partial charge in [0.25, 0.3) is 0 Å². The lowest BCUT2D eigenvalue weighted by Crippen LogP contribution is -2.52. The maximum Gasteiger partial charge on any atom is 0.321 e. The third kappa shape index (κ3) is 5.19. The molecule has 0 aliphatic carbocycles. The summed E-state index contributed by atoms with van der Waals surface area (Å²) >= 11 is 0. The van der Waals surface area contributed by atoms with Crippen LogP contribution < -0.4 is 10.1 Å². The predicted octanol–water partition coefficient (Wildman–Crippen LogP) is 4.73. The van der Waals surface area contributed by atoms with Crippen LogP contribution in [0.1, 0.15) is 36.5 Å². The van der Waals surface area contributed by atoms with Crippen molar-refractivity contribution in [3.8, 4) is 5.75 Å². The van der Waals surface area contributed by atoms with Gasteiger partial charge in [0.05, 0.1) is 19.1 Å². The Kier molecular flexibility index (Phi) is 7.21. The Hall–Kier alpha value is -3.02. The minimum atomic E-state index is -0.743. The molecule has 1 fully saturated rings. The minimum absolute atomic E-state index is 0.202. The third-order valence-corrected chi connectivity index (χ3v) is 6.04. The van der Waals surface area contributed by atoms with Gasteiger partial charge >= 0.3 is 12.0 Å². The predicted molar refractivity (Wildman–Crippen MR) is 122 cm³/mol. The maximum atomic E-state index is 13.1. The summed E-state index contributed by atoms with van der Waals surface area (Å²) in [5.41, 5.74) is 3.16. The molecule has 2 amide bonds. The van der Waals surface area contributed by atoms with Gasteiger partial charge in [0, 0.05) is 18.8 Å². The highest BCUT2D eigenvalue weighted by molar-refractivity contribution is 5.91. The molecular formula is C25H32N2O4. The minimum Gasteiger partial charge on any atom is -0.497 e. The van der Waals surface area contributed by atoms with Gasteiger partial charge in [-0.15, -0.1) is 0 Å². The van der Waals surface area contributed by atoms with E-state index in [1.807, 2.05) is 57.2 Å². The zero-order valence-corrected chi connectivity index (χ0v) is 18.9. The largest absolute Gasteiger partial charge is 0.497 e. The van der Waals surface area contributed by atoms with Crippen molar-refractivity contribution >= 4 is 17.7 Å². The number of ether oxygens (including phenoxy) is 2. The van der Waals surface area contributed by atoms with Crippen LogP contribution in [0.25, 0.3) is 0 Å². The number of nitrogens with one attached hydrogen (secondary N) is 1. The molecule has 6 nitrogen and oxygen atoms in total. The Morgan fingerprint density at radius 2 is 1.90 bits per heavy atom. The van der Waals surface area contributed by atoms with Gasteiger partial charge in [-0.2, -0.15) is 0 Å². The van der Waals surface area contributed by atoms with Crippen LogP contribution in [0, 0.1) is 19.3 Å². The Labute approximate surface area is 184 Å². The quantitative estimate of drug-likeness (QED) is 0.681. The summed E-state index contributed by atoms with van der Waals surface area (Å²) in [6.45, 7) is 7.06. The average Bonchev–Trinajstić information content (AvgIpc) is 2.77. The summed E-state index contributed by atoms with van der Waals surface area (Å²) in [6.07, 6.45) is 2.01. The van der Waals surface area contributed by atoms with E-state index in [4.69, 9.17) is 9.47 Å². The van der Waals surface area contributed by atoms with Crippen molar-refractivity contribution in [3.63, 3.8) is 0 Å². The van der Waals surface area contributed by atoms with E-state index in [0.29, 0.717) is 32.5 Å². The Bertz CT molecular complexity index is 943. The molecule has 1 saturated heterocycles. The standard InChI is InChI=1S/C25H32N2O4/c1-5-31-23(28)25(16-20-10-7-6-9-18(20)2)13-8-14-27(17-25)24(29)26-22-12-11-21(30-4)15-19(22)3/h6-7,9-12,15H,5,8,13-14,16-17H2,1-4H3,(H,26,29)/t25-/m1/s1. The number of amides is 2. The number of aryl methyl sites for hydroxylation is 2. The van der Waals surface area contributed by atoms with Gasteiger partial charge in [0.15, 0.2) is 0 Å². The number of urea groups is 1. The fraction of sp³-hybridized carbons (Fsp3) is 0.440. The van der Waals surface area contributed by atoms with Crippen LogP contribution >= 0.6 is 0 Å². The van der Waals surface area contributed by atoms with E-state index in [1.165, 1.54) is 0 Å². The summed E-state index contributed by atoms with van der Waals surface area (Å²) < 4.78 is 10.7. The van der Waals surface area contributed by atoms with Crippen molar-refractivity contribution in [1.29, 1.82) is 0 Å². The number of hydrogen-bond donors (Lipinski definition) is 1. The molecule has 0 radical (unpaired) electrons. The first-order valence-corrected chi connectivity index (χ1v) is 10.8. The molecule has 1 aliphatic rings. The SMILES string of the molecule is CCOC(=O)[C@@]1(Cc2ccccc2C)CCCN(C(=O)Nc2ccc(OC)cc2C)C1. The molecule has 1 atom stereocenters. The van der Waals surface area contributed by atoms with Crippen LogP contribution in [-0.4, -0.2) is 43.7 Å². The number of nitrogens with zero attached hydrogens (tertiary/aromatic N) is 1. The number of anilines is 1. The molecule has 6 heteroatoms. The van der Waals surface area contributed by atoms with Crippen LogP contribution in [0.3, 0.4) is 0 Å². The van der Waals surface area contributed by atoms with E-state index in [1.54, 1.807) is 12.0 Å². The van der Waals surface area contributed by atoms with Crippen molar-refractivity contribution in [2.24, 2.45) is 5.41 Å². The number of benzene rings is 2. The van der Waals surface area contributed by atoms with E-state index in [9.17, 15) is 9.59 Å². The highest BCUT2D eigenvalue weighted by Gasteiger charge is 2.45. The number of carbonyl (C=O) groups excluding carboxylic acids is 2. The summed E-state index contributed by atoms with van der Waals surface area (Å²) in [7, 11) is 1.62. The Morgan fingerprint density at radius 3 is 2.58 bits per heavy atom. The second-order valence-corrected chi connectivity index (χ2v) is 8.24. The van der Waals surface area contributed by atoms with Gasteiger partial charge < -0.3 is 19.7 Å². The number of piperidine rings is 1. The fourth-order valence-corrected chi connectivity index (χ4v) is 4.24. The molecule has 1 N–H and O–H groups in total. The molecule has 3 rings (SSSR count). The van der Waals surface area contributed by atoms with Gasteiger partial charge in [-0.3, -0.25) is 4.79 Å². The fourth-order valence-electron chi connectivity index (χ4n) is 4.24. The summed E-state index contributed by atoms with van der Waals surface area (Å²) in [6, 6.07) is 13.4.